The zero-order valence-corrected chi connectivity index (χ0v) is 70.0. The third kappa shape index (κ3) is 34.0. The van der Waals surface area contributed by atoms with E-state index in [1.807, 2.05) is 20.8 Å². The van der Waals surface area contributed by atoms with Crippen LogP contribution in [0.3, 0.4) is 0 Å². The Balaban J connectivity index is 9.00. The number of ether oxygens (including phenoxy) is 1. The molecule has 0 saturated carbocycles. The van der Waals surface area contributed by atoms with E-state index in [9.17, 15) is 4.79 Å². The smallest absolute Gasteiger partial charge is 0.461 e. The topological polar surface area (TPSA) is 137 Å². The van der Waals surface area contributed by atoms with Gasteiger partial charge in [-0.25, -0.2) is 0 Å². The van der Waals surface area contributed by atoms with Gasteiger partial charge in [-0.3, -0.25) is 4.79 Å². The molecule has 0 aromatic heterocycles. The van der Waals surface area contributed by atoms with Crippen molar-refractivity contribution in [3.8, 4) is 0 Å². The maximum absolute atomic E-state index is 14.4. The Morgan fingerprint density at radius 1 is 0.338 bits per heavy atom. The Morgan fingerprint density at radius 2 is 0.581 bits per heavy atom. The molecule has 0 aliphatic heterocycles. The van der Waals surface area contributed by atoms with Crippen molar-refractivity contribution in [3.05, 3.63) is 0 Å². The number of carbonyl (C=O) groups is 1. The Bertz CT molecular complexity index is 1570. The highest BCUT2D eigenvalue weighted by Crippen LogP contribution is 2.41. The van der Waals surface area contributed by atoms with Crippen molar-refractivity contribution >= 4 is 132 Å². The van der Waals surface area contributed by atoms with E-state index in [2.05, 4.69) is 216 Å². The second kappa shape index (κ2) is 26.0. The van der Waals surface area contributed by atoms with E-state index in [1.165, 1.54) is 0 Å². The lowest BCUT2D eigenvalue weighted by molar-refractivity contribution is -0.271. The largest absolute Gasteiger partial charge is 0.509 e. The van der Waals surface area contributed by atoms with Gasteiger partial charge in [-0.1, -0.05) is 6.92 Å². The van der Waals surface area contributed by atoms with Crippen LogP contribution in [0.15, 0.2) is 0 Å². The molecule has 0 fully saturated rings. The van der Waals surface area contributed by atoms with Gasteiger partial charge in [0.2, 0.25) is 0 Å². The van der Waals surface area contributed by atoms with Crippen LogP contribution in [0.2, 0.25) is 233 Å². The average molecular weight is 1310 g/mol. The minimum Gasteiger partial charge on any atom is -0.461 e. The molecule has 0 bridgehead atoms. The van der Waals surface area contributed by atoms with Crippen molar-refractivity contribution < 1.29 is 59.8 Å². The van der Waals surface area contributed by atoms with Gasteiger partial charge in [0.15, 0.2) is 106 Å². The van der Waals surface area contributed by atoms with Crippen molar-refractivity contribution in [1.82, 2.24) is 0 Å². The highest BCUT2D eigenvalue weighted by molar-refractivity contribution is 7.01. The first-order valence-corrected chi connectivity index (χ1v) is 73.2. The SMILES string of the molecule is CCC(C)(C)C(=O)OC[Si](O[Si](C)(C)CCC(O[Si](C)(C)C)(O[Si](C)(C)C)O[Si](C)(C)C)(O[Si](C)(C)C[Si](O[Si](C)(C)C)(O[Si](C)(C)C)O[Si](C)(C)C)O[Si](C)(C)C[Si](O[Si](C)(C)C)(O[Si](C)(C)C)O[Si](C)(C)C. The molecule has 0 aromatic carbocycles. The number of hydrogen-bond acceptors (Lipinski definition) is 14. The summed E-state index contributed by atoms with van der Waals surface area (Å²) in [5, 5.41) is 0. The average Bonchev–Trinajstić information content (AvgIpc) is 2.96. The van der Waals surface area contributed by atoms with E-state index < -0.39 is 138 Å². The minimum absolute atomic E-state index is 0.174. The lowest BCUT2D eigenvalue weighted by atomic mass is 9.91. The monoisotopic (exact) mass is 1300 g/mol. The summed E-state index contributed by atoms with van der Waals surface area (Å²) in [6, 6.07) is 0.579. The number of rotatable bonds is 35. The molecule has 0 heterocycles. The molecule has 0 aromatic rings. The molecule has 0 spiro atoms. The maximum atomic E-state index is 14.4. The van der Waals surface area contributed by atoms with Gasteiger partial charge in [-0.2, -0.15) is 0 Å². The van der Waals surface area contributed by atoms with Gasteiger partial charge in [-0.15, -0.1) is 0 Å². The number of carbonyl (C=O) groups excluding carboxylic acids is 1. The normalized spacial score (nSPS) is 15.8. The summed E-state index contributed by atoms with van der Waals surface area (Å²) in [6.07, 6.45) is 0.861. The molecule has 0 N–H and O–H groups in total. The van der Waals surface area contributed by atoms with E-state index in [0.717, 1.165) is 0 Å². The molecule has 74 heavy (non-hydrogen) atoms. The fourth-order valence-electron chi connectivity index (χ4n) is 8.28. The summed E-state index contributed by atoms with van der Waals surface area (Å²) in [4.78, 5) is 14.4. The van der Waals surface area contributed by atoms with Crippen molar-refractivity contribution in [1.29, 1.82) is 0 Å². The predicted molar refractivity (Wildman–Crippen MR) is 350 cm³/mol. The van der Waals surface area contributed by atoms with Crippen LogP contribution in [0, 0.1) is 5.41 Å². The van der Waals surface area contributed by atoms with E-state index in [0.29, 0.717) is 30.2 Å². The van der Waals surface area contributed by atoms with Crippen molar-refractivity contribution in [2.75, 3.05) is 6.23 Å². The highest BCUT2D eigenvalue weighted by atomic mass is 28.6. The molecule has 0 amide bonds. The van der Waals surface area contributed by atoms with Gasteiger partial charge in [0.25, 0.3) is 5.97 Å². The molecule has 0 rings (SSSR count). The van der Waals surface area contributed by atoms with Crippen LogP contribution in [0.25, 0.3) is 0 Å². The fourth-order valence-corrected chi connectivity index (χ4v) is 67.4. The summed E-state index contributed by atoms with van der Waals surface area (Å²) < 4.78 is 96.0. The van der Waals surface area contributed by atoms with Gasteiger partial charge in [-0.05, 0) is 242 Å². The van der Waals surface area contributed by atoms with Crippen LogP contribution < -0.4 is 0 Å². The molecule has 0 unspecified atom stereocenters. The van der Waals surface area contributed by atoms with Gasteiger partial charge < -0.3 is 55.1 Å². The molecule has 0 aliphatic rings. The zero-order chi connectivity index (χ0) is 59.5. The standard InChI is InChI=1S/C45H120O14Si15/c1-37-44(2,3)43(46)47-40-72(58-70(33,34)41-73(51-63(13,14)15,52-64(16,17)18)53-65(19,20)21,59-71(35,36)42-74(54-66(22,23)24,55-67(25,26)27)56-68(28,29)30)57-69(31,32)39-38-45(48-60(4,5)6,49-61(7,8)9)50-62(10,11)12/h37-42H2,1-36H3. The van der Waals surface area contributed by atoms with Crippen LogP contribution in [0.1, 0.15) is 33.6 Å². The van der Waals surface area contributed by atoms with Crippen LogP contribution in [0.5, 0.6) is 0 Å². The summed E-state index contributed by atoms with van der Waals surface area (Å²) in [7, 11) is -41.0. The molecule has 444 valence electrons. The molecule has 29 heteroatoms. The second-order valence-corrected chi connectivity index (χ2v) is 96.2. The quantitative estimate of drug-likeness (QED) is 0.0338. The van der Waals surface area contributed by atoms with Gasteiger partial charge in [0.05, 0.1) is 5.41 Å². The Hall–Kier alpha value is 2.24. The van der Waals surface area contributed by atoms with E-state index in [4.69, 9.17) is 55.1 Å². The first kappa shape index (κ1) is 76.2. The first-order chi connectivity index (χ1) is 31.8. The van der Waals surface area contributed by atoms with Crippen molar-refractivity contribution in [2.24, 2.45) is 5.41 Å². The Labute approximate surface area is 473 Å². The molecule has 14 nitrogen and oxygen atoms in total. The van der Waals surface area contributed by atoms with Crippen LogP contribution in [0.4, 0.5) is 0 Å². The summed E-state index contributed by atoms with van der Waals surface area (Å²) >= 11 is 0. The molecule has 0 atom stereocenters. The van der Waals surface area contributed by atoms with E-state index in [-0.39, 0.29) is 12.2 Å². The van der Waals surface area contributed by atoms with Crippen LogP contribution in [-0.4, -0.2) is 144 Å². The predicted octanol–water partition coefficient (Wildman–Crippen LogP) is 15.8. The zero-order valence-electron chi connectivity index (χ0n) is 55.0. The lowest BCUT2D eigenvalue weighted by Gasteiger charge is -2.50. The van der Waals surface area contributed by atoms with Crippen molar-refractivity contribution in [3.63, 3.8) is 0 Å². The second-order valence-electron chi connectivity index (χ2n) is 31.9. The van der Waals surface area contributed by atoms with E-state index >= 15 is 0 Å². The van der Waals surface area contributed by atoms with Gasteiger partial charge >= 0.3 is 32.4 Å². The summed E-state index contributed by atoms with van der Waals surface area (Å²) in [6.45, 7) is 78.6. The van der Waals surface area contributed by atoms with Gasteiger partial charge in [0.1, 0.15) is 0 Å². The first-order valence-electron chi connectivity index (χ1n) is 27.4. The molecule has 0 aliphatic carbocycles. The maximum Gasteiger partial charge on any atom is 0.509 e. The molecule has 0 radical (unpaired) electrons. The van der Waals surface area contributed by atoms with Crippen molar-refractivity contribution in [2.45, 2.75) is 273 Å². The Morgan fingerprint density at radius 3 is 0.797 bits per heavy atom. The van der Waals surface area contributed by atoms with Crippen LogP contribution in [-0.2, 0) is 59.8 Å². The third-order valence-corrected chi connectivity index (χ3v) is 57.1. The minimum atomic E-state index is -4.22. The third-order valence-electron chi connectivity index (χ3n) is 9.58. The number of esters is 1. The highest BCUT2D eigenvalue weighted by Gasteiger charge is 2.62. The molecule has 0 saturated heterocycles. The van der Waals surface area contributed by atoms with E-state index in [1.54, 1.807) is 0 Å². The molecular weight excluding hydrogens is 1190 g/mol. The summed E-state index contributed by atoms with van der Waals surface area (Å²) in [5.41, 5.74) is 0.167. The Kier molecular flexibility index (Phi) is 26.8. The number of hydrogen-bond donors (Lipinski definition) is 0. The molecular formula is C45H120O14Si15. The lowest BCUT2D eigenvalue weighted by Crippen LogP contribution is -2.70. The van der Waals surface area contributed by atoms with Crippen LogP contribution >= 0.6 is 0 Å². The summed E-state index contributed by atoms with van der Waals surface area (Å²) in [5.74, 6) is -1.59. The van der Waals surface area contributed by atoms with Gasteiger partial charge in [0, 0.05) is 17.8 Å². The fraction of sp³-hybridized carbons (Fsp3) is 0.978.